The zero-order valence-corrected chi connectivity index (χ0v) is 16.4. The number of nitro groups is 1. The Bertz CT molecular complexity index is 866. The molecule has 148 valence electrons. The predicted octanol–water partition coefficient (Wildman–Crippen LogP) is 2.48. The molecule has 0 unspecified atom stereocenters. The lowest BCUT2D eigenvalue weighted by molar-refractivity contribution is -0.383. The van der Waals surface area contributed by atoms with Gasteiger partial charge < -0.3 is 14.7 Å². The van der Waals surface area contributed by atoms with E-state index >= 15 is 0 Å². The van der Waals surface area contributed by atoms with Crippen LogP contribution < -0.4 is 9.80 Å². The normalized spacial score (nSPS) is 18.0. The van der Waals surface area contributed by atoms with Crippen molar-refractivity contribution in [2.24, 2.45) is 0 Å². The van der Waals surface area contributed by atoms with E-state index in [-0.39, 0.29) is 16.7 Å². The number of fused-ring (bicyclic) bond motifs is 1. The average Bonchev–Trinajstić information content (AvgIpc) is 2.72. The van der Waals surface area contributed by atoms with Crippen molar-refractivity contribution >= 4 is 17.3 Å². The zero-order valence-electron chi connectivity index (χ0n) is 16.4. The predicted molar refractivity (Wildman–Crippen MR) is 109 cm³/mol. The van der Waals surface area contributed by atoms with Gasteiger partial charge in [-0.05, 0) is 50.5 Å². The maximum atomic E-state index is 12.0. The fourth-order valence-electron chi connectivity index (χ4n) is 4.25. The molecule has 0 aliphatic carbocycles. The third kappa shape index (κ3) is 3.52. The summed E-state index contributed by atoms with van der Waals surface area (Å²) in [5.41, 5.74) is 2.52. The average molecular weight is 382 g/mol. The summed E-state index contributed by atoms with van der Waals surface area (Å²) in [5.74, 6) is 0.840. The van der Waals surface area contributed by atoms with E-state index < -0.39 is 0 Å². The highest BCUT2D eigenvalue weighted by atomic mass is 16.6. The first-order chi connectivity index (χ1) is 13.5. The molecule has 2 aliphatic heterocycles. The Balaban J connectivity index is 1.66. The SMILES string of the molecule is CN1CCC(N(C)c2ncnc(N3CCc4ccccc4C3)c2[N+](=O)[O-])CC1. The Morgan fingerprint density at radius 1 is 1.14 bits per heavy atom. The highest BCUT2D eigenvalue weighted by Gasteiger charge is 2.33. The van der Waals surface area contributed by atoms with Crippen molar-refractivity contribution in [1.82, 2.24) is 14.9 Å². The number of hydrogen-bond acceptors (Lipinski definition) is 7. The Hall–Kier alpha value is -2.74. The van der Waals surface area contributed by atoms with Gasteiger partial charge in [0.25, 0.3) is 0 Å². The van der Waals surface area contributed by atoms with Crippen molar-refractivity contribution in [2.75, 3.05) is 43.5 Å². The molecule has 1 fully saturated rings. The maximum absolute atomic E-state index is 12.0. The van der Waals surface area contributed by atoms with Crippen LogP contribution in [0.15, 0.2) is 30.6 Å². The van der Waals surface area contributed by atoms with Gasteiger partial charge in [0.1, 0.15) is 6.33 Å². The lowest BCUT2D eigenvalue weighted by Gasteiger charge is -2.36. The van der Waals surface area contributed by atoms with E-state index in [1.807, 2.05) is 29.0 Å². The molecular weight excluding hydrogens is 356 g/mol. The lowest BCUT2D eigenvalue weighted by Crippen LogP contribution is -2.42. The highest BCUT2D eigenvalue weighted by molar-refractivity contribution is 5.71. The summed E-state index contributed by atoms with van der Waals surface area (Å²) in [6.07, 6.45) is 4.27. The number of piperidine rings is 1. The summed E-state index contributed by atoms with van der Waals surface area (Å²) in [6, 6.07) is 8.51. The zero-order chi connectivity index (χ0) is 19.7. The Morgan fingerprint density at radius 2 is 1.86 bits per heavy atom. The van der Waals surface area contributed by atoms with Crippen LogP contribution >= 0.6 is 0 Å². The van der Waals surface area contributed by atoms with Crippen LogP contribution in [-0.2, 0) is 13.0 Å². The van der Waals surface area contributed by atoms with Crippen molar-refractivity contribution in [1.29, 1.82) is 0 Å². The number of benzene rings is 1. The van der Waals surface area contributed by atoms with Crippen molar-refractivity contribution in [3.8, 4) is 0 Å². The fourth-order valence-corrected chi connectivity index (χ4v) is 4.25. The van der Waals surface area contributed by atoms with Crippen LogP contribution in [-0.4, -0.2) is 59.6 Å². The molecule has 0 saturated carbocycles. The molecule has 1 saturated heterocycles. The van der Waals surface area contributed by atoms with Crippen molar-refractivity contribution in [2.45, 2.75) is 31.8 Å². The fraction of sp³-hybridized carbons (Fsp3) is 0.500. The van der Waals surface area contributed by atoms with Crippen LogP contribution in [0.5, 0.6) is 0 Å². The molecule has 0 N–H and O–H groups in total. The minimum Gasteiger partial charge on any atom is -0.351 e. The van der Waals surface area contributed by atoms with E-state index in [1.165, 1.54) is 17.5 Å². The summed E-state index contributed by atoms with van der Waals surface area (Å²) in [7, 11) is 4.02. The van der Waals surface area contributed by atoms with Gasteiger partial charge in [0, 0.05) is 26.2 Å². The van der Waals surface area contributed by atoms with Crippen molar-refractivity contribution in [3.05, 3.63) is 51.8 Å². The lowest BCUT2D eigenvalue weighted by atomic mass is 10.00. The van der Waals surface area contributed by atoms with Gasteiger partial charge in [-0.3, -0.25) is 10.1 Å². The molecule has 3 heterocycles. The summed E-state index contributed by atoms with van der Waals surface area (Å²) in [5, 5.41) is 12.0. The van der Waals surface area contributed by atoms with E-state index in [2.05, 4.69) is 34.0 Å². The Morgan fingerprint density at radius 3 is 2.57 bits per heavy atom. The summed E-state index contributed by atoms with van der Waals surface area (Å²) < 4.78 is 0. The molecule has 0 atom stereocenters. The van der Waals surface area contributed by atoms with Crippen LogP contribution in [0.2, 0.25) is 0 Å². The molecule has 0 radical (unpaired) electrons. The molecule has 8 heteroatoms. The van der Waals surface area contributed by atoms with Gasteiger partial charge in [-0.15, -0.1) is 0 Å². The van der Waals surface area contributed by atoms with Crippen LogP contribution in [0.1, 0.15) is 24.0 Å². The van der Waals surface area contributed by atoms with Crippen LogP contribution in [0.3, 0.4) is 0 Å². The Labute approximate surface area is 164 Å². The molecule has 4 rings (SSSR count). The number of anilines is 2. The van der Waals surface area contributed by atoms with Gasteiger partial charge >= 0.3 is 5.69 Å². The quantitative estimate of drug-likeness (QED) is 0.594. The summed E-state index contributed by atoms with van der Waals surface area (Å²) in [6.45, 7) is 3.32. The second kappa shape index (κ2) is 7.71. The smallest absolute Gasteiger partial charge is 0.351 e. The molecule has 0 spiro atoms. The molecule has 1 aromatic carbocycles. The van der Waals surface area contributed by atoms with Gasteiger partial charge in [0.15, 0.2) is 0 Å². The van der Waals surface area contributed by atoms with Crippen LogP contribution in [0.4, 0.5) is 17.3 Å². The molecule has 28 heavy (non-hydrogen) atoms. The highest BCUT2D eigenvalue weighted by Crippen LogP contribution is 2.37. The largest absolute Gasteiger partial charge is 0.353 e. The number of rotatable bonds is 4. The van der Waals surface area contributed by atoms with Crippen molar-refractivity contribution in [3.63, 3.8) is 0 Å². The van der Waals surface area contributed by atoms with Gasteiger partial charge in [-0.1, -0.05) is 24.3 Å². The van der Waals surface area contributed by atoms with Crippen molar-refractivity contribution < 1.29 is 4.92 Å². The molecule has 0 amide bonds. The molecule has 2 aromatic rings. The van der Waals surface area contributed by atoms with Gasteiger partial charge in [0.2, 0.25) is 11.6 Å². The Kier molecular flexibility index (Phi) is 5.13. The van der Waals surface area contributed by atoms with E-state index in [9.17, 15) is 10.1 Å². The standard InChI is InChI=1S/C20H26N6O2/c1-23-10-8-17(9-11-23)24(2)19-18(26(27)28)20(22-14-21-19)25-12-7-15-5-3-4-6-16(15)13-25/h3-6,14,17H,7-13H2,1-2H3. The minimum absolute atomic E-state index is 0.0170. The van der Waals surface area contributed by atoms with E-state index in [0.29, 0.717) is 24.7 Å². The third-order valence-electron chi connectivity index (χ3n) is 5.97. The first-order valence-corrected chi connectivity index (χ1v) is 9.77. The van der Waals surface area contributed by atoms with Gasteiger partial charge in [-0.25, -0.2) is 9.97 Å². The van der Waals surface area contributed by atoms with Crippen LogP contribution in [0.25, 0.3) is 0 Å². The summed E-state index contributed by atoms with van der Waals surface area (Å²) >= 11 is 0. The number of nitrogens with zero attached hydrogens (tertiary/aromatic N) is 6. The molecule has 2 aliphatic rings. The van der Waals surface area contributed by atoms with Gasteiger partial charge in [0.05, 0.1) is 4.92 Å². The first kappa shape index (κ1) is 18.6. The number of hydrogen-bond donors (Lipinski definition) is 0. The second-order valence-corrected chi connectivity index (χ2v) is 7.71. The van der Waals surface area contributed by atoms with E-state index in [4.69, 9.17) is 0 Å². The first-order valence-electron chi connectivity index (χ1n) is 9.77. The monoisotopic (exact) mass is 382 g/mol. The number of likely N-dealkylation sites (tertiary alicyclic amines) is 1. The van der Waals surface area contributed by atoms with Crippen LogP contribution in [0, 0.1) is 10.1 Å². The second-order valence-electron chi connectivity index (χ2n) is 7.71. The molecular formula is C20H26N6O2. The van der Waals surface area contributed by atoms with E-state index in [1.54, 1.807) is 0 Å². The minimum atomic E-state index is -0.323. The summed E-state index contributed by atoms with van der Waals surface area (Å²) in [4.78, 5) is 26.6. The maximum Gasteiger partial charge on any atom is 0.353 e. The number of aromatic nitrogens is 2. The van der Waals surface area contributed by atoms with E-state index in [0.717, 1.165) is 32.4 Å². The third-order valence-corrected chi connectivity index (χ3v) is 5.97. The van der Waals surface area contributed by atoms with Gasteiger partial charge in [-0.2, -0.15) is 0 Å². The molecule has 0 bridgehead atoms. The molecule has 8 nitrogen and oxygen atoms in total. The molecule has 1 aromatic heterocycles. The topological polar surface area (TPSA) is 78.6 Å².